The maximum absolute atomic E-state index is 12.0. The molecule has 7 nitrogen and oxygen atoms in total. The topological polar surface area (TPSA) is 113 Å². The van der Waals surface area contributed by atoms with Crippen molar-refractivity contribution >= 4 is 21.5 Å². The highest BCUT2D eigenvalue weighted by Gasteiger charge is 2.43. The van der Waals surface area contributed by atoms with Crippen LogP contribution in [0.2, 0.25) is 0 Å². The number of carbonyl (C=O) groups is 2. The molecule has 1 aromatic carbocycles. The van der Waals surface area contributed by atoms with Crippen LogP contribution in [0.5, 0.6) is 0 Å². The number of ketones is 1. The summed E-state index contributed by atoms with van der Waals surface area (Å²) in [5.41, 5.74) is 4.45. The molecular weight excluding hydrogens is 368 g/mol. The molecule has 8 heteroatoms. The zero-order valence-electron chi connectivity index (χ0n) is 15.4. The first-order chi connectivity index (χ1) is 12.6. The van der Waals surface area contributed by atoms with Crippen LogP contribution in [0.3, 0.4) is 0 Å². The third-order valence-corrected chi connectivity index (χ3v) is 6.73. The number of nitrogens with one attached hydrogen (secondary N) is 1. The van der Waals surface area contributed by atoms with Gasteiger partial charge in [-0.1, -0.05) is 30.3 Å². The molecule has 144 valence electrons. The lowest BCUT2D eigenvalue weighted by atomic mass is 9.98. The Labute approximate surface area is 158 Å². The first kappa shape index (κ1) is 20.7. The number of amides is 1. The highest BCUT2D eigenvalue weighted by molar-refractivity contribution is 7.92. The van der Waals surface area contributed by atoms with Gasteiger partial charge in [-0.25, -0.2) is 13.9 Å². The van der Waals surface area contributed by atoms with Gasteiger partial charge < -0.3 is 0 Å². The molecule has 0 saturated heterocycles. The quantitative estimate of drug-likeness (QED) is 0.426. The van der Waals surface area contributed by atoms with Gasteiger partial charge in [0.25, 0.3) is 5.91 Å². The summed E-state index contributed by atoms with van der Waals surface area (Å²) >= 11 is 0. The van der Waals surface area contributed by atoms with Crippen molar-refractivity contribution in [2.45, 2.75) is 31.4 Å². The molecule has 0 radical (unpaired) electrons. The minimum Gasteiger partial charge on any atom is -0.293 e. The second-order valence-electron chi connectivity index (χ2n) is 6.63. The van der Waals surface area contributed by atoms with Crippen LogP contribution >= 0.6 is 0 Å². The van der Waals surface area contributed by atoms with Crippen LogP contribution in [0.25, 0.3) is 11.1 Å². The first-order valence-electron chi connectivity index (χ1n) is 8.29. The number of benzene rings is 1. The number of rotatable bonds is 7. The van der Waals surface area contributed by atoms with E-state index in [4.69, 9.17) is 5.21 Å². The summed E-state index contributed by atoms with van der Waals surface area (Å²) in [6.07, 6.45) is 2.98. The summed E-state index contributed by atoms with van der Waals surface area (Å²) in [6, 6.07) is 10.9. The second kappa shape index (κ2) is 7.98. The highest BCUT2D eigenvalue weighted by atomic mass is 32.2. The predicted molar refractivity (Wildman–Crippen MR) is 101 cm³/mol. The molecule has 0 aliphatic heterocycles. The Morgan fingerprint density at radius 2 is 1.70 bits per heavy atom. The van der Waals surface area contributed by atoms with Crippen LogP contribution in [0.4, 0.5) is 0 Å². The molecule has 1 aromatic heterocycles. The first-order valence-corrected chi connectivity index (χ1v) is 10.2. The predicted octanol–water partition coefficient (Wildman–Crippen LogP) is 2.19. The standard InChI is InChI=1S/C19H22N2O5S/c1-13(22)17-9-8-16(12-20-17)15-6-4-14(5-7-15)10-11-19(2,18(23)21-24)27(3,25)26/h4-9,12,24H,10-11H2,1-3H3,(H,21,23)/t19-/m1/s1. The van der Waals surface area contributed by atoms with E-state index in [0.29, 0.717) is 12.1 Å². The molecule has 0 unspecified atom stereocenters. The van der Waals surface area contributed by atoms with Crippen molar-refractivity contribution in [3.05, 3.63) is 53.9 Å². The summed E-state index contributed by atoms with van der Waals surface area (Å²) in [5.74, 6) is -1.05. The fraction of sp³-hybridized carbons (Fsp3) is 0.316. The van der Waals surface area contributed by atoms with Gasteiger partial charge in [0.2, 0.25) is 0 Å². The number of sulfone groups is 1. The van der Waals surface area contributed by atoms with E-state index in [1.54, 1.807) is 12.3 Å². The molecule has 1 atom stereocenters. The summed E-state index contributed by atoms with van der Waals surface area (Å²) in [4.78, 5) is 27.2. The third-order valence-electron chi connectivity index (χ3n) is 4.70. The van der Waals surface area contributed by atoms with Crippen LogP contribution in [-0.4, -0.2) is 41.3 Å². The lowest BCUT2D eigenvalue weighted by molar-refractivity contribution is -0.131. The Bertz CT molecular complexity index is 937. The van der Waals surface area contributed by atoms with E-state index in [9.17, 15) is 18.0 Å². The number of aryl methyl sites for hydroxylation is 1. The molecule has 0 aliphatic rings. The lowest BCUT2D eigenvalue weighted by Gasteiger charge is -2.25. The number of hydrogen-bond acceptors (Lipinski definition) is 6. The molecule has 0 bridgehead atoms. The van der Waals surface area contributed by atoms with Gasteiger partial charge in [0.1, 0.15) is 10.4 Å². The Hall–Kier alpha value is -2.58. The maximum Gasteiger partial charge on any atom is 0.264 e. The molecule has 0 saturated carbocycles. The fourth-order valence-electron chi connectivity index (χ4n) is 2.61. The molecule has 2 aromatic rings. The van der Waals surface area contributed by atoms with E-state index in [1.165, 1.54) is 19.3 Å². The summed E-state index contributed by atoms with van der Waals surface area (Å²) in [6.45, 7) is 2.75. The largest absolute Gasteiger partial charge is 0.293 e. The Morgan fingerprint density at radius 1 is 1.11 bits per heavy atom. The minimum atomic E-state index is -3.72. The Morgan fingerprint density at radius 3 is 2.15 bits per heavy atom. The van der Waals surface area contributed by atoms with Gasteiger partial charge in [0.15, 0.2) is 15.6 Å². The molecule has 2 N–H and O–H groups in total. The molecule has 27 heavy (non-hydrogen) atoms. The van der Waals surface area contributed by atoms with Crippen molar-refractivity contribution in [1.82, 2.24) is 10.5 Å². The molecule has 0 aliphatic carbocycles. The summed E-state index contributed by atoms with van der Waals surface area (Å²) in [5, 5.41) is 8.86. The minimum absolute atomic E-state index is 0.0342. The SMILES string of the molecule is CC(=O)c1ccc(-c2ccc(CC[C@](C)(C(=O)NO)S(C)(=O)=O)cc2)cn1. The Balaban J connectivity index is 2.15. The van der Waals surface area contributed by atoms with Gasteiger partial charge in [0, 0.05) is 24.9 Å². The monoisotopic (exact) mass is 390 g/mol. The van der Waals surface area contributed by atoms with Gasteiger partial charge in [0.05, 0.1) is 0 Å². The number of nitrogens with zero attached hydrogens (tertiary/aromatic N) is 1. The van der Waals surface area contributed by atoms with Crippen LogP contribution in [-0.2, 0) is 21.1 Å². The number of hydroxylamine groups is 1. The summed E-state index contributed by atoms with van der Waals surface area (Å²) < 4.78 is 22.3. The number of Topliss-reactive ketones (excluding diaryl/α,β-unsaturated/α-hetero) is 1. The van der Waals surface area contributed by atoms with Crippen molar-refractivity contribution in [2.24, 2.45) is 0 Å². The van der Waals surface area contributed by atoms with E-state index in [-0.39, 0.29) is 12.2 Å². The molecule has 1 amide bonds. The lowest BCUT2D eigenvalue weighted by Crippen LogP contribution is -2.49. The Kier molecular flexibility index (Phi) is 6.12. The van der Waals surface area contributed by atoms with Gasteiger partial charge in [-0.2, -0.15) is 0 Å². The number of hydrogen-bond donors (Lipinski definition) is 2. The highest BCUT2D eigenvalue weighted by Crippen LogP contribution is 2.25. The van der Waals surface area contributed by atoms with Crippen molar-refractivity contribution in [3.8, 4) is 11.1 Å². The van der Waals surface area contributed by atoms with Crippen molar-refractivity contribution in [3.63, 3.8) is 0 Å². The van der Waals surface area contributed by atoms with Crippen molar-refractivity contribution in [1.29, 1.82) is 0 Å². The molecule has 0 spiro atoms. The molecule has 1 heterocycles. The van der Waals surface area contributed by atoms with Crippen LogP contribution in [0.15, 0.2) is 42.6 Å². The third kappa shape index (κ3) is 4.58. The molecular formula is C19H22N2O5S. The number of aromatic nitrogens is 1. The van der Waals surface area contributed by atoms with Gasteiger partial charge in [-0.3, -0.25) is 19.8 Å². The van der Waals surface area contributed by atoms with Crippen molar-refractivity contribution in [2.75, 3.05) is 6.26 Å². The van der Waals surface area contributed by atoms with E-state index in [1.807, 2.05) is 30.3 Å². The zero-order valence-corrected chi connectivity index (χ0v) is 16.2. The van der Waals surface area contributed by atoms with Crippen molar-refractivity contribution < 1.29 is 23.2 Å². The van der Waals surface area contributed by atoms with Gasteiger partial charge >= 0.3 is 0 Å². The number of pyridine rings is 1. The average molecular weight is 390 g/mol. The van der Waals surface area contributed by atoms with Gasteiger partial charge in [-0.15, -0.1) is 0 Å². The van der Waals surface area contributed by atoms with E-state index >= 15 is 0 Å². The maximum atomic E-state index is 12.0. The zero-order chi connectivity index (χ0) is 20.2. The molecule has 0 fully saturated rings. The van der Waals surface area contributed by atoms with Crippen LogP contribution in [0.1, 0.15) is 36.3 Å². The van der Waals surface area contributed by atoms with E-state index in [2.05, 4.69) is 4.98 Å². The molecule has 2 rings (SSSR count). The number of carbonyl (C=O) groups excluding carboxylic acids is 2. The fourth-order valence-corrected chi connectivity index (χ4v) is 3.46. The summed E-state index contributed by atoms with van der Waals surface area (Å²) in [7, 11) is -3.72. The smallest absolute Gasteiger partial charge is 0.264 e. The normalized spacial score (nSPS) is 13.6. The van der Waals surface area contributed by atoms with E-state index in [0.717, 1.165) is 22.9 Å². The van der Waals surface area contributed by atoms with E-state index < -0.39 is 20.5 Å². The van der Waals surface area contributed by atoms with Gasteiger partial charge in [-0.05, 0) is 37.0 Å². The average Bonchev–Trinajstić information content (AvgIpc) is 2.65. The van der Waals surface area contributed by atoms with Crippen LogP contribution < -0.4 is 5.48 Å². The second-order valence-corrected chi connectivity index (χ2v) is 9.07. The van der Waals surface area contributed by atoms with Crippen LogP contribution in [0, 0.1) is 0 Å².